The van der Waals surface area contributed by atoms with Crippen LogP contribution in [0.25, 0.3) is 11.4 Å². The first kappa shape index (κ1) is 17.9. The highest BCUT2D eigenvalue weighted by atomic mass is 35.5. The van der Waals surface area contributed by atoms with E-state index in [1.807, 2.05) is 0 Å². The zero-order valence-electron chi connectivity index (χ0n) is 14.1. The molecule has 1 amide bonds. The molecule has 0 radical (unpaired) electrons. The van der Waals surface area contributed by atoms with Crippen LogP contribution in [0.1, 0.15) is 13.8 Å². The Hall–Kier alpha value is -2.93. The summed E-state index contributed by atoms with van der Waals surface area (Å²) in [6.07, 6.45) is 0. The number of hydrogen-bond acceptors (Lipinski definition) is 4. The van der Waals surface area contributed by atoms with E-state index in [1.165, 1.54) is 12.1 Å². The molecule has 1 aromatic heterocycles. The van der Waals surface area contributed by atoms with Crippen LogP contribution in [0, 0.1) is 5.82 Å². The van der Waals surface area contributed by atoms with Gasteiger partial charge in [0, 0.05) is 10.6 Å². The topological polar surface area (TPSA) is 79.9 Å². The van der Waals surface area contributed by atoms with Gasteiger partial charge < -0.3 is 4.74 Å². The Morgan fingerprint density at radius 2 is 1.81 bits per heavy atom. The molecule has 0 saturated carbocycles. The third-order valence-corrected chi connectivity index (χ3v) is 3.81. The van der Waals surface area contributed by atoms with Gasteiger partial charge >= 0.3 is 0 Å². The first-order valence-electron chi connectivity index (χ1n) is 7.78. The van der Waals surface area contributed by atoms with Crippen molar-refractivity contribution in [2.75, 3.05) is 5.32 Å². The fourth-order valence-corrected chi connectivity index (χ4v) is 2.28. The van der Waals surface area contributed by atoms with Gasteiger partial charge in [-0.2, -0.15) is 4.98 Å². The molecule has 1 heterocycles. The van der Waals surface area contributed by atoms with Crippen LogP contribution in [0.15, 0.2) is 48.5 Å². The third-order valence-electron chi connectivity index (χ3n) is 3.56. The molecule has 26 heavy (non-hydrogen) atoms. The third kappa shape index (κ3) is 4.18. The largest absolute Gasteiger partial charge is 0.478 e. The molecule has 0 atom stereocenters. The SMILES string of the molecule is CC(C)(Oc1ccc(Cl)cc1)C(=O)Nc1n[nH]c(-c2ccc(F)cc2)n1. The van der Waals surface area contributed by atoms with E-state index in [-0.39, 0.29) is 11.8 Å². The van der Waals surface area contributed by atoms with E-state index < -0.39 is 11.5 Å². The maximum atomic E-state index is 13.0. The van der Waals surface area contributed by atoms with Crippen molar-refractivity contribution in [1.29, 1.82) is 0 Å². The number of H-pyrrole nitrogens is 1. The normalized spacial score (nSPS) is 11.2. The second-order valence-electron chi connectivity index (χ2n) is 6.03. The zero-order chi connectivity index (χ0) is 18.7. The van der Waals surface area contributed by atoms with Crippen molar-refractivity contribution in [3.63, 3.8) is 0 Å². The standard InChI is InChI=1S/C18H16ClFN4O2/c1-18(2,26-14-9-5-12(19)6-10-14)16(25)22-17-21-15(23-24-17)11-3-7-13(20)8-4-11/h3-10H,1-2H3,(H2,21,22,23,24,25). The van der Waals surface area contributed by atoms with Gasteiger partial charge in [0.25, 0.3) is 5.91 Å². The van der Waals surface area contributed by atoms with Gasteiger partial charge in [0.2, 0.25) is 5.95 Å². The summed E-state index contributed by atoms with van der Waals surface area (Å²) in [5.41, 5.74) is -0.513. The number of nitrogens with one attached hydrogen (secondary N) is 2. The highest BCUT2D eigenvalue weighted by Crippen LogP contribution is 2.22. The van der Waals surface area contributed by atoms with Crippen LogP contribution in [0.4, 0.5) is 10.3 Å². The van der Waals surface area contributed by atoms with Crippen LogP contribution in [0.5, 0.6) is 5.75 Å². The lowest BCUT2D eigenvalue weighted by Crippen LogP contribution is -2.42. The summed E-state index contributed by atoms with van der Waals surface area (Å²) in [7, 11) is 0. The molecule has 0 aliphatic heterocycles. The van der Waals surface area contributed by atoms with Crippen LogP contribution >= 0.6 is 11.6 Å². The predicted molar refractivity (Wildman–Crippen MR) is 96.6 cm³/mol. The molecular weight excluding hydrogens is 359 g/mol. The zero-order valence-corrected chi connectivity index (χ0v) is 14.8. The van der Waals surface area contributed by atoms with E-state index >= 15 is 0 Å². The van der Waals surface area contributed by atoms with Gasteiger partial charge in [0.15, 0.2) is 11.4 Å². The number of ether oxygens (including phenoxy) is 1. The van der Waals surface area contributed by atoms with E-state index in [1.54, 1.807) is 50.2 Å². The predicted octanol–water partition coefficient (Wildman–Crippen LogP) is 4.06. The number of carbonyl (C=O) groups excluding carboxylic acids is 1. The van der Waals surface area contributed by atoms with E-state index in [0.29, 0.717) is 22.2 Å². The maximum absolute atomic E-state index is 13.0. The highest BCUT2D eigenvalue weighted by Gasteiger charge is 2.31. The van der Waals surface area contributed by atoms with E-state index in [4.69, 9.17) is 16.3 Å². The number of hydrogen-bond donors (Lipinski definition) is 2. The number of anilines is 1. The van der Waals surface area contributed by atoms with Gasteiger partial charge in [-0.3, -0.25) is 15.2 Å². The number of rotatable bonds is 5. The summed E-state index contributed by atoms with van der Waals surface area (Å²) >= 11 is 5.84. The number of aromatic nitrogens is 3. The quantitative estimate of drug-likeness (QED) is 0.705. The molecule has 6 nitrogen and oxygen atoms in total. The van der Waals surface area contributed by atoms with Gasteiger partial charge in [0.05, 0.1) is 0 Å². The number of nitrogens with zero attached hydrogens (tertiary/aromatic N) is 2. The summed E-state index contributed by atoms with van der Waals surface area (Å²) in [6.45, 7) is 3.26. The minimum Gasteiger partial charge on any atom is -0.478 e. The molecule has 3 rings (SSSR count). The first-order valence-corrected chi connectivity index (χ1v) is 8.16. The van der Waals surface area contributed by atoms with Gasteiger partial charge in [-0.25, -0.2) is 4.39 Å². The van der Waals surface area contributed by atoms with Crippen LogP contribution in [0.3, 0.4) is 0 Å². The lowest BCUT2D eigenvalue weighted by atomic mass is 10.1. The van der Waals surface area contributed by atoms with Crippen molar-refractivity contribution >= 4 is 23.5 Å². The number of halogens is 2. The van der Waals surface area contributed by atoms with Gasteiger partial charge in [-0.05, 0) is 62.4 Å². The molecule has 0 saturated heterocycles. The Kier molecular flexibility index (Phi) is 4.90. The maximum Gasteiger partial charge on any atom is 0.270 e. The Morgan fingerprint density at radius 1 is 1.15 bits per heavy atom. The van der Waals surface area contributed by atoms with E-state index in [2.05, 4.69) is 20.5 Å². The molecule has 8 heteroatoms. The molecule has 0 fully saturated rings. The number of benzene rings is 2. The van der Waals surface area contributed by atoms with Crippen molar-refractivity contribution in [1.82, 2.24) is 15.2 Å². The Balaban J connectivity index is 1.69. The number of carbonyl (C=O) groups is 1. The van der Waals surface area contributed by atoms with Crippen LogP contribution in [-0.4, -0.2) is 26.7 Å². The molecule has 3 aromatic rings. The summed E-state index contributed by atoms with van der Waals surface area (Å²) in [5, 5.41) is 9.83. The lowest BCUT2D eigenvalue weighted by molar-refractivity contribution is -0.128. The Morgan fingerprint density at radius 3 is 2.46 bits per heavy atom. The minimum absolute atomic E-state index is 0.0992. The molecule has 0 bridgehead atoms. The van der Waals surface area contributed by atoms with Crippen molar-refractivity contribution in [3.8, 4) is 17.1 Å². The monoisotopic (exact) mass is 374 g/mol. The highest BCUT2D eigenvalue weighted by molar-refractivity contribution is 6.30. The fraction of sp³-hybridized carbons (Fsp3) is 0.167. The number of amides is 1. The average molecular weight is 375 g/mol. The van der Waals surface area contributed by atoms with Crippen molar-refractivity contribution in [3.05, 3.63) is 59.4 Å². The molecule has 0 spiro atoms. The van der Waals surface area contributed by atoms with Gasteiger partial charge in [-0.15, -0.1) is 5.10 Å². The van der Waals surface area contributed by atoms with Crippen LogP contribution in [-0.2, 0) is 4.79 Å². The van der Waals surface area contributed by atoms with Crippen molar-refractivity contribution < 1.29 is 13.9 Å². The molecule has 0 aliphatic carbocycles. The second-order valence-corrected chi connectivity index (χ2v) is 6.47. The molecule has 0 unspecified atom stereocenters. The van der Waals surface area contributed by atoms with Gasteiger partial charge in [0.1, 0.15) is 11.6 Å². The first-order chi connectivity index (χ1) is 12.3. The van der Waals surface area contributed by atoms with Crippen molar-refractivity contribution in [2.45, 2.75) is 19.4 Å². The summed E-state index contributed by atoms with van der Waals surface area (Å²) < 4.78 is 18.7. The van der Waals surface area contributed by atoms with E-state index in [9.17, 15) is 9.18 Å². The van der Waals surface area contributed by atoms with Crippen molar-refractivity contribution in [2.24, 2.45) is 0 Å². The minimum atomic E-state index is -1.16. The second kappa shape index (κ2) is 7.13. The Labute approximate surface area is 154 Å². The molecule has 2 aromatic carbocycles. The summed E-state index contributed by atoms with van der Waals surface area (Å²) in [4.78, 5) is 16.7. The van der Waals surface area contributed by atoms with Gasteiger partial charge in [-0.1, -0.05) is 11.6 Å². The summed E-state index contributed by atoms with van der Waals surface area (Å²) in [5.74, 6) is 0.260. The number of aromatic amines is 1. The molecule has 2 N–H and O–H groups in total. The smallest absolute Gasteiger partial charge is 0.270 e. The fourth-order valence-electron chi connectivity index (χ4n) is 2.15. The van der Waals surface area contributed by atoms with Crippen LogP contribution < -0.4 is 10.1 Å². The van der Waals surface area contributed by atoms with E-state index in [0.717, 1.165) is 0 Å². The lowest BCUT2D eigenvalue weighted by Gasteiger charge is -2.24. The molecular formula is C18H16ClFN4O2. The molecule has 0 aliphatic rings. The Bertz CT molecular complexity index is 908. The molecule has 134 valence electrons. The average Bonchev–Trinajstić information content (AvgIpc) is 3.06. The van der Waals surface area contributed by atoms with Crippen LogP contribution in [0.2, 0.25) is 5.02 Å². The summed E-state index contributed by atoms with van der Waals surface area (Å²) in [6, 6.07) is 12.5.